The molecule has 1 aromatic heterocycles. The Morgan fingerprint density at radius 3 is 2.78 bits per heavy atom. The number of ether oxygens (including phenoxy) is 1. The van der Waals surface area contributed by atoms with Crippen molar-refractivity contribution in [2.45, 2.75) is 64.3 Å². The van der Waals surface area contributed by atoms with Gasteiger partial charge in [-0.3, -0.25) is 9.69 Å². The largest absolute Gasteiger partial charge is 0.496 e. The number of carbonyl (C=O) groups excluding carboxylic acids is 1. The maximum Gasteiger partial charge on any atom is 0.230 e. The molecule has 6 heteroatoms. The first kappa shape index (κ1) is 22.8. The smallest absolute Gasteiger partial charge is 0.230 e. The zero-order valence-corrected chi connectivity index (χ0v) is 20.0. The predicted molar refractivity (Wildman–Crippen MR) is 125 cm³/mol. The van der Waals surface area contributed by atoms with Crippen molar-refractivity contribution in [3.63, 3.8) is 0 Å². The number of para-hydroxylation sites is 1. The van der Waals surface area contributed by atoms with E-state index in [-0.39, 0.29) is 5.91 Å². The van der Waals surface area contributed by atoms with E-state index in [4.69, 9.17) is 9.26 Å². The van der Waals surface area contributed by atoms with Crippen LogP contribution >= 0.6 is 0 Å². The minimum absolute atomic E-state index is 0.173. The highest BCUT2D eigenvalue weighted by Crippen LogP contribution is 2.39. The van der Waals surface area contributed by atoms with Gasteiger partial charge in [0.05, 0.1) is 18.2 Å². The molecule has 0 radical (unpaired) electrons. The van der Waals surface area contributed by atoms with Gasteiger partial charge in [0.25, 0.3) is 0 Å². The topological polar surface area (TPSA) is 58.8 Å². The van der Waals surface area contributed by atoms with E-state index in [1.165, 1.54) is 37.7 Å². The van der Waals surface area contributed by atoms with Crippen LogP contribution in [0.3, 0.4) is 0 Å². The molecule has 1 saturated carbocycles. The van der Waals surface area contributed by atoms with E-state index in [9.17, 15) is 4.79 Å². The van der Waals surface area contributed by atoms with Gasteiger partial charge in [-0.25, -0.2) is 0 Å². The van der Waals surface area contributed by atoms with Gasteiger partial charge in [-0.05, 0) is 38.3 Å². The quantitative estimate of drug-likeness (QED) is 0.633. The van der Waals surface area contributed by atoms with Gasteiger partial charge in [-0.2, -0.15) is 0 Å². The molecule has 2 heterocycles. The van der Waals surface area contributed by atoms with Crippen LogP contribution in [-0.2, 0) is 17.8 Å². The second kappa shape index (κ2) is 9.65. The van der Waals surface area contributed by atoms with Gasteiger partial charge in [-0.1, -0.05) is 42.6 Å². The van der Waals surface area contributed by atoms with E-state index in [1.54, 1.807) is 12.0 Å². The van der Waals surface area contributed by atoms with Gasteiger partial charge in [0.15, 0.2) is 0 Å². The number of hydrogen-bond acceptors (Lipinski definition) is 5. The number of amides is 1. The standard InChI is InChI=1S/C26H37N3O3/c1-19-9-8-12-21(24(19)31-4)17-29-14-13-26(18-29,25(30)28(2)3)16-22-15-23(27-32-22)20-10-6-5-7-11-20/h8-9,12,15,20H,5-7,10-11,13-14,16-18H2,1-4H3/t26-/m1/s1. The van der Waals surface area contributed by atoms with E-state index in [1.807, 2.05) is 14.1 Å². The summed E-state index contributed by atoms with van der Waals surface area (Å²) in [5.41, 5.74) is 2.90. The number of benzene rings is 1. The third-order valence-electron chi connectivity index (χ3n) is 7.30. The number of methoxy groups -OCH3 is 1. The van der Waals surface area contributed by atoms with Crippen LogP contribution in [0.1, 0.15) is 67.0 Å². The Morgan fingerprint density at radius 2 is 2.06 bits per heavy atom. The fraction of sp³-hybridized carbons (Fsp3) is 0.615. The summed E-state index contributed by atoms with van der Waals surface area (Å²) >= 11 is 0. The molecule has 174 valence electrons. The van der Waals surface area contributed by atoms with E-state index in [0.717, 1.165) is 42.3 Å². The van der Waals surface area contributed by atoms with Crippen LogP contribution in [0.25, 0.3) is 0 Å². The fourth-order valence-corrected chi connectivity index (χ4v) is 5.67. The van der Waals surface area contributed by atoms with Gasteiger partial charge >= 0.3 is 0 Å². The van der Waals surface area contributed by atoms with E-state index >= 15 is 0 Å². The maximum absolute atomic E-state index is 13.4. The van der Waals surface area contributed by atoms with Crippen molar-refractivity contribution in [1.29, 1.82) is 0 Å². The summed E-state index contributed by atoms with van der Waals surface area (Å²) in [4.78, 5) is 17.5. The number of carbonyl (C=O) groups is 1. The third-order valence-corrected chi connectivity index (χ3v) is 7.30. The molecule has 0 bridgehead atoms. The zero-order chi connectivity index (χ0) is 22.7. The molecular weight excluding hydrogens is 402 g/mol. The molecule has 1 atom stereocenters. The molecule has 2 aliphatic rings. The fourth-order valence-electron chi connectivity index (χ4n) is 5.67. The minimum Gasteiger partial charge on any atom is -0.496 e. The van der Waals surface area contributed by atoms with Gasteiger partial charge in [0, 0.05) is 51.2 Å². The highest BCUT2D eigenvalue weighted by Gasteiger charge is 2.46. The Kier molecular flexibility index (Phi) is 6.89. The summed E-state index contributed by atoms with van der Waals surface area (Å²) in [6.07, 6.45) is 7.67. The van der Waals surface area contributed by atoms with Gasteiger partial charge in [0.2, 0.25) is 5.91 Å². The lowest BCUT2D eigenvalue weighted by Crippen LogP contribution is -2.43. The molecule has 32 heavy (non-hydrogen) atoms. The van der Waals surface area contributed by atoms with Gasteiger partial charge in [-0.15, -0.1) is 0 Å². The summed E-state index contributed by atoms with van der Waals surface area (Å²) in [5.74, 6) is 2.47. The lowest BCUT2D eigenvalue weighted by atomic mass is 9.80. The van der Waals surface area contributed by atoms with Crippen molar-refractivity contribution in [1.82, 2.24) is 15.0 Å². The van der Waals surface area contributed by atoms with E-state index in [0.29, 0.717) is 18.9 Å². The molecule has 2 fully saturated rings. The van der Waals surface area contributed by atoms with E-state index in [2.05, 4.69) is 41.2 Å². The van der Waals surface area contributed by atoms with E-state index < -0.39 is 5.41 Å². The van der Waals surface area contributed by atoms with Crippen LogP contribution in [-0.4, -0.2) is 55.2 Å². The maximum atomic E-state index is 13.4. The van der Waals surface area contributed by atoms with Crippen molar-refractivity contribution < 1.29 is 14.1 Å². The number of aromatic nitrogens is 1. The molecular formula is C26H37N3O3. The molecule has 2 aromatic rings. The monoisotopic (exact) mass is 439 g/mol. The number of nitrogens with zero attached hydrogens (tertiary/aromatic N) is 3. The highest BCUT2D eigenvalue weighted by molar-refractivity contribution is 5.83. The molecule has 1 aliphatic heterocycles. The van der Waals surface area contributed by atoms with Crippen molar-refractivity contribution in [3.8, 4) is 5.75 Å². The van der Waals surface area contributed by atoms with Crippen LogP contribution in [0.4, 0.5) is 0 Å². The molecule has 6 nitrogen and oxygen atoms in total. The first-order valence-corrected chi connectivity index (χ1v) is 11.9. The zero-order valence-electron chi connectivity index (χ0n) is 20.0. The average molecular weight is 440 g/mol. The molecule has 4 rings (SSSR count). The van der Waals surface area contributed by atoms with Crippen LogP contribution in [0.5, 0.6) is 5.75 Å². The highest BCUT2D eigenvalue weighted by atomic mass is 16.5. The Labute approximate surface area is 191 Å². The molecule has 1 aliphatic carbocycles. The summed E-state index contributed by atoms with van der Waals surface area (Å²) in [6.45, 7) is 4.43. The molecule has 1 saturated heterocycles. The lowest BCUT2D eigenvalue weighted by Gasteiger charge is -2.30. The SMILES string of the molecule is COc1c(C)cccc1CN1CC[C@](Cc2cc(C3CCCCC3)no2)(C(=O)N(C)C)C1. The minimum atomic E-state index is -0.482. The molecule has 0 N–H and O–H groups in total. The second-order valence-electron chi connectivity index (χ2n) is 9.94. The molecule has 1 amide bonds. The summed E-state index contributed by atoms with van der Waals surface area (Å²) < 4.78 is 11.4. The molecule has 0 spiro atoms. The normalized spacial score (nSPS) is 22.2. The Balaban J connectivity index is 1.51. The van der Waals surface area contributed by atoms with Gasteiger partial charge in [0.1, 0.15) is 11.5 Å². The summed E-state index contributed by atoms with van der Waals surface area (Å²) in [6, 6.07) is 8.38. The predicted octanol–water partition coefficient (Wildman–Crippen LogP) is 4.56. The third kappa shape index (κ3) is 4.70. The number of likely N-dealkylation sites (tertiary alicyclic amines) is 1. The number of rotatable bonds is 7. The lowest BCUT2D eigenvalue weighted by molar-refractivity contribution is -0.139. The average Bonchev–Trinajstić information content (AvgIpc) is 3.42. The van der Waals surface area contributed by atoms with Crippen LogP contribution < -0.4 is 4.74 Å². The Morgan fingerprint density at radius 1 is 1.28 bits per heavy atom. The van der Waals surface area contributed by atoms with Crippen molar-refractivity contribution >= 4 is 5.91 Å². The van der Waals surface area contributed by atoms with Crippen molar-refractivity contribution in [2.24, 2.45) is 5.41 Å². The Bertz CT molecular complexity index is 932. The first-order chi connectivity index (χ1) is 15.4. The first-order valence-electron chi connectivity index (χ1n) is 11.9. The Hall–Kier alpha value is -2.34. The van der Waals surface area contributed by atoms with Crippen molar-refractivity contribution in [3.05, 3.63) is 46.8 Å². The van der Waals surface area contributed by atoms with Crippen LogP contribution in [0, 0.1) is 12.3 Å². The van der Waals surface area contributed by atoms with Crippen LogP contribution in [0.15, 0.2) is 28.8 Å². The number of aryl methyl sites for hydroxylation is 1. The van der Waals surface area contributed by atoms with Crippen LogP contribution in [0.2, 0.25) is 0 Å². The van der Waals surface area contributed by atoms with Crippen molar-refractivity contribution in [2.75, 3.05) is 34.3 Å². The molecule has 0 unspecified atom stereocenters. The molecule has 1 aromatic carbocycles. The van der Waals surface area contributed by atoms with Gasteiger partial charge < -0.3 is 14.2 Å². The number of hydrogen-bond donors (Lipinski definition) is 0. The summed E-state index contributed by atoms with van der Waals surface area (Å²) in [7, 11) is 5.43. The second-order valence-corrected chi connectivity index (χ2v) is 9.94. The summed E-state index contributed by atoms with van der Waals surface area (Å²) in [5, 5.41) is 4.41.